The predicted octanol–water partition coefficient (Wildman–Crippen LogP) is 3.84. The Bertz CT molecular complexity index is 381. The summed E-state index contributed by atoms with van der Waals surface area (Å²) in [6.45, 7) is 2.37. The third-order valence-corrected chi connectivity index (χ3v) is 4.41. The van der Waals surface area contributed by atoms with Crippen LogP contribution < -0.4 is 5.32 Å². The van der Waals surface area contributed by atoms with Crippen LogP contribution in [0.25, 0.3) is 0 Å². The minimum atomic E-state index is 0.601. The number of rotatable bonds is 3. The molecule has 0 saturated heterocycles. The summed E-state index contributed by atoms with van der Waals surface area (Å²) in [5, 5.41) is 3.88. The lowest BCUT2D eigenvalue weighted by molar-refractivity contribution is 0.401. The van der Waals surface area contributed by atoms with Crippen molar-refractivity contribution in [1.29, 1.82) is 0 Å². The van der Waals surface area contributed by atoms with Crippen LogP contribution in [0.15, 0.2) is 24.3 Å². The molecule has 1 aromatic carbocycles. The lowest BCUT2D eigenvalue weighted by Crippen LogP contribution is -2.32. The molecule has 0 aliphatic heterocycles. The first-order valence-corrected chi connectivity index (χ1v) is 7.18. The second kappa shape index (κ2) is 4.81. The van der Waals surface area contributed by atoms with Crippen LogP contribution in [0.4, 0.5) is 0 Å². The molecule has 0 spiro atoms. The van der Waals surface area contributed by atoms with E-state index in [-0.39, 0.29) is 0 Å². The molecule has 2 aliphatic carbocycles. The fraction of sp³-hybridized carbons (Fsp3) is 0.625. The molecule has 0 radical (unpaired) electrons. The van der Waals surface area contributed by atoms with Crippen LogP contribution in [0.1, 0.15) is 56.2 Å². The van der Waals surface area contributed by atoms with E-state index >= 15 is 0 Å². The molecular formula is C16H23N. The number of benzene rings is 1. The van der Waals surface area contributed by atoms with Gasteiger partial charge in [-0.1, -0.05) is 30.7 Å². The van der Waals surface area contributed by atoms with E-state index in [1.54, 1.807) is 11.1 Å². The highest BCUT2D eigenvalue weighted by atomic mass is 15.0. The maximum Gasteiger partial charge on any atom is 0.0325 e. The van der Waals surface area contributed by atoms with Crippen LogP contribution >= 0.6 is 0 Å². The van der Waals surface area contributed by atoms with Gasteiger partial charge in [-0.2, -0.15) is 0 Å². The molecule has 1 fully saturated rings. The summed E-state index contributed by atoms with van der Waals surface area (Å²) in [5.74, 6) is 0.949. The van der Waals surface area contributed by atoms with E-state index < -0.39 is 0 Å². The highest BCUT2D eigenvalue weighted by Gasteiger charge is 2.30. The van der Waals surface area contributed by atoms with Crippen molar-refractivity contribution >= 4 is 0 Å². The third-order valence-electron chi connectivity index (χ3n) is 4.41. The van der Waals surface area contributed by atoms with E-state index in [1.807, 2.05) is 0 Å². The molecule has 2 atom stereocenters. The van der Waals surface area contributed by atoms with E-state index in [4.69, 9.17) is 0 Å². The summed E-state index contributed by atoms with van der Waals surface area (Å²) in [4.78, 5) is 0. The summed E-state index contributed by atoms with van der Waals surface area (Å²) < 4.78 is 0. The molecule has 1 heteroatoms. The van der Waals surface area contributed by atoms with Crippen LogP contribution in [0.2, 0.25) is 0 Å². The maximum absolute atomic E-state index is 3.88. The molecule has 0 amide bonds. The molecule has 1 aromatic rings. The predicted molar refractivity (Wildman–Crippen MR) is 72.1 cm³/mol. The van der Waals surface area contributed by atoms with Crippen molar-refractivity contribution in [2.24, 2.45) is 5.92 Å². The Hall–Kier alpha value is -0.820. The molecule has 2 unspecified atom stereocenters. The Morgan fingerprint density at radius 3 is 2.76 bits per heavy atom. The maximum atomic E-state index is 3.88. The van der Waals surface area contributed by atoms with Crippen molar-refractivity contribution in [3.05, 3.63) is 35.4 Å². The Morgan fingerprint density at radius 2 is 1.94 bits per heavy atom. The van der Waals surface area contributed by atoms with E-state index in [1.165, 1.54) is 38.5 Å². The van der Waals surface area contributed by atoms with Gasteiger partial charge in [0.1, 0.15) is 0 Å². The Labute approximate surface area is 105 Å². The Balaban J connectivity index is 1.78. The van der Waals surface area contributed by atoms with Crippen molar-refractivity contribution in [1.82, 2.24) is 5.32 Å². The van der Waals surface area contributed by atoms with Gasteiger partial charge in [-0.05, 0) is 56.1 Å². The topological polar surface area (TPSA) is 12.0 Å². The van der Waals surface area contributed by atoms with Gasteiger partial charge in [0.25, 0.3) is 0 Å². The third kappa shape index (κ3) is 2.55. The number of hydrogen-bond acceptors (Lipinski definition) is 1. The van der Waals surface area contributed by atoms with Gasteiger partial charge in [-0.3, -0.25) is 0 Å². The minimum absolute atomic E-state index is 0.601. The van der Waals surface area contributed by atoms with Crippen LogP contribution in [0.5, 0.6) is 0 Å². The largest absolute Gasteiger partial charge is 0.307 e. The number of aryl methyl sites for hydroxylation is 1. The zero-order valence-electron chi connectivity index (χ0n) is 10.8. The molecule has 0 heterocycles. The number of fused-ring (bicyclic) bond motifs is 1. The van der Waals surface area contributed by atoms with Gasteiger partial charge in [-0.15, -0.1) is 0 Å². The summed E-state index contributed by atoms with van der Waals surface area (Å²) in [6, 6.07) is 10.3. The van der Waals surface area contributed by atoms with E-state index in [9.17, 15) is 0 Å². The minimum Gasteiger partial charge on any atom is -0.307 e. The molecular weight excluding hydrogens is 206 g/mol. The molecule has 0 bridgehead atoms. The van der Waals surface area contributed by atoms with Crippen molar-refractivity contribution < 1.29 is 0 Å². The molecule has 1 nitrogen and oxygen atoms in total. The van der Waals surface area contributed by atoms with Gasteiger partial charge in [-0.25, -0.2) is 0 Å². The van der Waals surface area contributed by atoms with Crippen molar-refractivity contribution in [2.75, 3.05) is 0 Å². The molecule has 2 aliphatic rings. The number of hydrogen-bond donors (Lipinski definition) is 1. The van der Waals surface area contributed by atoms with Crippen LogP contribution in [0, 0.1) is 5.92 Å². The van der Waals surface area contributed by atoms with Crippen molar-refractivity contribution in [2.45, 2.75) is 57.5 Å². The SMILES string of the molecule is CC(NC1CCCCc2ccccc21)C1CC1. The zero-order valence-corrected chi connectivity index (χ0v) is 10.8. The summed E-state index contributed by atoms with van der Waals surface area (Å²) >= 11 is 0. The summed E-state index contributed by atoms with van der Waals surface area (Å²) in [6.07, 6.45) is 8.17. The monoisotopic (exact) mass is 229 g/mol. The molecule has 17 heavy (non-hydrogen) atoms. The Morgan fingerprint density at radius 1 is 1.12 bits per heavy atom. The Kier molecular flexibility index (Phi) is 3.19. The lowest BCUT2D eigenvalue weighted by Gasteiger charge is -2.24. The van der Waals surface area contributed by atoms with Gasteiger partial charge in [0.2, 0.25) is 0 Å². The normalized spacial score (nSPS) is 26.1. The number of nitrogens with one attached hydrogen (secondary N) is 1. The van der Waals surface area contributed by atoms with Gasteiger partial charge >= 0.3 is 0 Å². The standard InChI is InChI=1S/C16H23N/c1-12(13-10-11-13)17-16-9-5-3-7-14-6-2-4-8-15(14)16/h2,4,6,8,12-13,16-17H,3,5,7,9-11H2,1H3. The first-order valence-electron chi connectivity index (χ1n) is 7.18. The summed E-state index contributed by atoms with van der Waals surface area (Å²) in [5.41, 5.74) is 3.14. The smallest absolute Gasteiger partial charge is 0.0325 e. The fourth-order valence-electron chi connectivity index (χ4n) is 3.14. The molecule has 3 rings (SSSR count). The second-order valence-electron chi connectivity index (χ2n) is 5.79. The molecule has 1 saturated carbocycles. The average Bonchev–Trinajstić information content (AvgIpc) is 3.16. The molecule has 1 N–H and O–H groups in total. The molecule has 0 aromatic heterocycles. The van der Waals surface area contributed by atoms with Gasteiger partial charge in [0.15, 0.2) is 0 Å². The quantitative estimate of drug-likeness (QED) is 0.776. The summed E-state index contributed by atoms with van der Waals surface area (Å²) in [7, 11) is 0. The highest BCUT2D eigenvalue weighted by molar-refractivity contribution is 5.31. The average molecular weight is 229 g/mol. The van der Waals surface area contributed by atoms with Crippen molar-refractivity contribution in [3.63, 3.8) is 0 Å². The van der Waals surface area contributed by atoms with Crippen LogP contribution in [-0.2, 0) is 6.42 Å². The van der Waals surface area contributed by atoms with E-state index in [0.717, 1.165) is 5.92 Å². The van der Waals surface area contributed by atoms with E-state index in [2.05, 4.69) is 36.5 Å². The lowest BCUT2D eigenvalue weighted by atomic mass is 9.98. The highest BCUT2D eigenvalue weighted by Crippen LogP contribution is 2.35. The zero-order chi connectivity index (χ0) is 11.7. The fourth-order valence-corrected chi connectivity index (χ4v) is 3.14. The van der Waals surface area contributed by atoms with Gasteiger partial charge in [0.05, 0.1) is 0 Å². The first kappa shape index (κ1) is 11.3. The molecule has 92 valence electrons. The van der Waals surface area contributed by atoms with Crippen LogP contribution in [0.3, 0.4) is 0 Å². The van der Waals surface area contributed by atoms with Crippen molar-refractivity contribution in [3.8, 4) is 0 Å². The second-order valence-corrected chi connectivity index (χ2v) is 5.79. The van der Waals surface area contributed by atoms with E-state index in [0.29, 0.717) is 12.1 Å². The van der Waals surface area contributed by atoms with Crippen LogP contribution in [-0.4, -0.2) is 6.04 Å². The first-order chi connectivity index (χ1) is 8.34. The van der Waals surface area contributed by atoms with Gasteiger partial charge in [0, 0.05) is 12.1 Å². The van der Waals surface area contributed by atoms with Gasteiger partial charge < -0.3 is 5.32 Å².